The monoisotopic (exact) mass is 261 g/mol. The third-order valence-corrected chi connectivity index (χ3v) is 3.25. The summed E-state index contributed by atoms with van der Waals surface area (Å²) in [5.41, 5.74) is 3.54. The van der Waals surface area contributed by atoms with E-state index in [1.807, 2.05) is 0 Å². The molecule has 0 heterocycles. The summed E-state index contributed by atoms with van der Waals surface area (Å²) < 4.78 is 0. The molecule has 0 radical (unpaired) electrons. The van der Waals surface area contributed by atoms with Crippen molar-refractivity contribution in [3.63, 3.8) is 0 Å². The lowest BCUT2D eigenvalue weighted by Gasteiger charge is -2.27. The van der Waals surface area contributed by atoms with Crippen molar-refractivity contribution < 1.29 is 9.59 Å². The Labute approximate surface area is 115 Å². The molecular weight excluding hydrogens is 238 g/mol. The van der Waals surface area contributed by atoms with E-state index in [2.05, 4.69) is 51.2 Å². The summed E-state index contributed by atoms with van der Waals surface area (Å²) in [6.45, 7) is 10.3. The number of carbonyl (C=O) groups excluding carboxylic acids is 2. The summed E-state index contributed by atoms with van der Waals surface area (Å²) in [6.07, 6.45) is -0.0387. The highest BCUT2D eigenvalue weighted by Crippen LogP contribution is 2.26. The van der Waals surface area contributed by atoms with Crippen LogP contribution in [0.5, 0.6) is 0 Å². The van der Waals surface area contributed by atoms with E-state index in [1.54, 1.807) is 0 Å². The first kappa shape index (κ1) is 15.4. The van der Waals surface area contributed by atoms with Gasteiger partial charge in [-0.15, -0.1) is 0 Å². The van der Waals surface area contributed by atoms with Crippen LogP contribution in [0.4, 0.5) is 0 Å². The van der Waals surface area contributed by atoms with Crippen LogP contribution in [0.1, 0.15) is 43.9 Å². The summed E-state index contributed by atoms with van der Waals surface area (Å²) in [6, 6.07) is 6.34. The van der Waals surface area contributed by atoms with Gasteiger partial charge in [-0.2, -0.15) is 0 Å². The Hall–Kier alpha value is -1.64. The van der Waals surface area contributed by atoms with Crippen molar-refractivity contribution in [2.45, 2.75) is 46.5 Å². The summed E-state index contributed by atoms with van der Waals surface area (Å²) >= 11 is 0. The summed E-state index contributed by atoms with van der Waals surface area (Å²) in [5.74, 6) is -0.313. The maximum absolute atomic E-state index is 11.5. The number of amides is 1. The summed E-state index contributed by atoms with van der Waals surface area (Å²) in [5, 5.41) is 2.83. The molecule has 1 aromatic carbocycles. The van der Waals surface area contributed by atoms with Crippen LogP contribution in [0.3, 0.4) is 0 Å². The van der Waals surface area contributed by atoms with Gasteiger partial charge in [0, 0.05) is 12.0 Å². The van der Waals surface area contributed by atoms with Gasteiger partial charge in [-0.05, 0) is 31.9 Å². The average molecular weight is 261 g/mol. The third kappa shape index (κ3) is 4.51. The first-order valence-electron chi connectivity index (χ1n) is 6.56. The second-order valence-corrected chi connectivity index (χ2v) is 5.86. The zero-order chi connectivity index (χ0) is 14.6. The van der Waals surface area contributed by atoms with Gasteiger partial charge in [0.15, 0.2) is 0 Å². The molecule has 1 aromatic rings. The fourth-order valence-electron chi connectivity index (χ4n) is 2.28. The summed E-state index contributed by atoms with van der Waals surface area (Å²) in [7, 11) is 0. The van der Waals surface area contributed by atoms with Crippen molar-refractivity contribution in [2.24, 2.45) is 0 Å². The fraction of sp³-hybridized carbons (Fsp3) is 0.500. The minimum atomic E-state index is -0.203. The van der Waals surface area contributed by atoms with Crippen LogP contribution in [-0.4, -0.2) is 18.2 Å². The van der Waals surface area contributed by atoms with Gasteiger partial charge in [-0.25, -0.2) is 0 Å². The van der Waals surface area contributed by atoms with Gasteiger partial charge in [0.25, 0.3) is 0 Å². The lowest BCUT2D eigenvalue weighted by Crippen LogP contribution is -2.37. The Balaban J connectivity index is 2.75. The predicted molar refractivity (Wildman–Crippen MR) is 77.2 cm³/mol. The lowest BCUT2D eigenvalue weighted by atomic mass is 9.81. The minimum Gasteiger partial charge on any atom is -0.355 e. The highest BCUT2D eigenvalue weighted by atomic mass is 16.2. The number of carbonyl (C=O) groups is 2. The fourth-order valence-corrected chi connectivity index (χ4v) is 2.28. The number of benzene rings is 1. The predicted octanol–water partition coefficient (Wildman–Crippen LogP) is 2.68. The van der Waals surface area contributed by atoms with E-state index >= 15 is 0 Å². The maximum atomic E-state index is 11.5. The number of aryl methyl sites for hydroxylation is 2. The molecule has 0 saturated carbocycles. The second kappa shape index (κ2) is 6.00. The molecule has 19 heavy (non-hydrogen) atoms. The van der Waals surface area contributed by atoms with Crippen molar-refractivity contribution in [1.29, 1.82) is 0 Å². The highest BCUT2D eigenvalue weighted by molar-refractivity contribution is 5.96. The molecule has 0 spiro atoms. The molecule has 0 aliphatic carbocycles. The van der Waals surface area contributed by atoms with Crippen LogP contribution in [0.2, 0.25) is 0 Å². The first-order valence-corrected chi connectivity index (χ1v) is 6.56. The normalized spacial score (nSPS) is 11.2. The number of ketones is 1. The molecule has 0 aromatic heterocycles. The van der Waals surface area contributed by atoms with Gasteiger partial charge in [-0.3, -0.25) is 9.59 Å². The van der Waals surface area contributed by atoms with E-state index in [9.17, 15) is 9.59 Å². The van der Waals surface area contributed by atoms with Crippen molar-refractivity contribution in [3.8, 4) is 0 Å². The highest BCUT2D eigenvalue weighted by Gasteiger charge is 2.23. The quantitative estimate of drug-likeness (QED) is 0.828. The van der Waals surface area contributed by atoms with Crippen LogP contribution in [0.25, 0.3) is 0 Å². The van der Waals surface area contributed by atoms with Gasteiger partial charge < -0.3 is 5.32 Å². The number of hydrogen-bond donors (Lipinski definition) is 1. The van der Waals surface area contributed by atoms with E-state index in [0.29, 0.717) is 6.54 Å². The van der Waals surface area contributed by atoms with Gasteiger partial charge in [0.2, 0.25) is 5.91 Å². The molecule has 0 saturated heterocycles. The minimum absolute atomic E-state index is 0.0387. The van der Waals surface area contributed by atoms with Crippen LogP contribution < -0.4 is 5.32 Å². The van der Waals surface area contributed by atoms with E-state index in [-0.39, 0.29) is 23.5 Å². The molecule has 1 rings (SSSR count). The molecular formula is C16H23NO2. The largest absolute Gasteiger partial charge is 0.355 e. The van der Waals surface area contributed by atoms with Crippen molar-refractivity contribution in [3.05, 3.63) is 34.9 Å². The molecule has 0 aliphatic rings. The maximum Gasteiger partial charge on any atom is 0.227 e. The van der Waals surface area contributed by atoms with Crippen LogP contribution in [0, 0.1) is 13.8 Å². The molecule has 0 fully saturated rings. The van der Waals surface area contributed by atoms with Crippen molar-refractivity contribution in [1.82, 2.24) is 5.32 Å². The van der Waals surface area contributed by atoms with Gasteiger partial charge in [0.1, 0.15) is 5.78 Å². The molecule has 1 amide bonds. The van der Waals surface area contributed by atoms with Gasteiger partial charge in [-0.1, -0.05) is 37.6 Å². The molecule has 0 unspecified atom stereocenters. The molecule has 0 aliphatic heterocycles. The van der Waals surface area contributed by atoms with E-state index in [4.69, 9.17) is 0 Å². The van der Waals surface area contributed by atoms with Gasteiger partial charge in [0.05, 0.1) is 6.42 Å². The molecule has 0 atom stereocenters. The average Bonchev–Trinajstić information content (AvgIpc) is 2.25. The smallest absolute Gasteiger partial charge is 0.227 e. The molecule has 0 bridgehead atoms. The number of nitrogens with one attached hydrogen (secondary N) is 1. The lowest BCUT2D eigenvalue weighted by molar-refractivity contribution is -0.127. The van der Waals surface area contributed by atoms with Crippen LogP contribution in [0.15, 0.2) is 18.2 Å². The van der Waals surface area contributed by atoms with Gasteiger partial charge >= 0.3 is 0 Å². The van der Waals surface area contributed by atoms with Crippen molar-refractivity contribution in [2.75, 3.05) is 6.54 Å². The topological polar surface area (TPSA) is 46.2 Å². The van der Waals surface area contributed by atoms with E-state index < -0.39 is 0 Å². The van der Waals surface area contributed by atoms with E-state index in [1.165, 1.54) is 23.6 Å². The Morgan fingerprint density at radius 3 is 2.37 bits per heavy atom. The standard InChI is InChI=1S/C16H23NO2/c1-11-6-7-14(12(2)8-11)16(4,5)10-17-15(19)9-13(3)18/h6-8H,9-10H2,1-5H3,(H,17,19). The Kier molecular flexibility index (Phi) is 4.87. The first-order chi connectivity index (χ1) is 8.72. The number of Topliss-reactive ketones (excluding diaryl/α,β-unsaturated/α-hetero) is 1. The van der Waals surface area contributed by atoms with E-state index in [0.717, 1.165) is 0 Å². The Morgan fingerprint density at radius 1 is 1.21 bits per heavy atom. The number of rotatable bonds is 5. The third-order valence-electron chi connectivity index (χ3n) is 3.25. The summed E-state index contributed by atoms with van der Waals surface area (Å²) in [4.78, 5) is 22.4. The van der Waals surface area contributed by atoms with Crippen LogP contribution in [-0.2, 0) is 15.0 Å². The Bertz CT molecular complexity index is 490. The molecule has 1 N–H and O–H groups in total. The Morgan fingerprint density at radius 2 is 1.84 bits per heavy atom. The molecule has 3 nitrogen and oxygen atoms in total. The SMILES string of the molecule is CC(=O)CC(=O)NCC(C)(C)c1ccc(C)cc1C. The number of hydrogen-bond acceptors (Lipinski definition) is 2. The van der Waals surface area contributed by atoms with Crippen molar-refractivity contribution >= 4 is 11.7 Å². The van der Waals surface area contributed by atoms with Crippen LogP contribution >= 0.6 is 0 Å². The second-order valence-electron chi connectivity index (χ2n) is 5.86. The zero-order valence-corrected chi connectivity index (χ0v) is 12.5. The zero-order valence-electron chi connectivity index (χ0n) is 12.5. The molecule has 3 heteroatoms. The molecule has 104 valence electrons.